The lowest BCUT2D eigenvalue weighted by Gasteiger charge is -2.30. The molecule has 114 valence electrons. The first-order valence-corrected chi connectivity index (χ1v) is 7.88. The summed E-state index contributed by atoms with van der Waals surface area (Å²) in [7, 11) is 0. The van der Waals surface area contributed by atoms with Crippen molar-refractivity contribution in [2.75, 3.05) is 24.6 Å². The van der Waals surface area contributed by atoms with E-state index in [1.165, 1.54) is 11.5 Å². The quantitative estimate of drug-likeness (QED) is 0.854. The molecule has 3 rings (SSSR count). The highest BCUT2D eigenvalue weighted by atomic mass is 32.1. The minimum absolute atomic E-state index is 0.197. The van der Waals surface area contributed by atoms with Gasteiger partial charge in [0.2, 0.25) is 16.9 Å². The maximum atomic E-state index is 5.72. The molecule has 0 aromatic carbocycles. The zero-order valence-corrected chi connectivity index (χ0v) is 13.3. The highest BCUT2D eigenvalue weighted by Gasteiger charge is 2.28. The van der Waals surface area contributed by atoms with Crippen molar-refractivity contribution in [2.45, 2.75) is 33.3 Å². The number of aryl methyl sites for hydroxylation is 1. The van der Waals surface area contributed by atoms with Crippen LogP contribution in [-0.2, 0) is 11.2 Å². The molecule has 7 nitrogen and oxygen atoms in total. The van der Waals surface area contributed by atoms with Gasteiger partial charge in [-0.05, 0) is 5.92 Å². The van der Waals surface area contributed by atoms with E-state index < -0.39 is 0 Å². The fraction of sp³-hybridized carbons (Fsp3) is 0.692. The highest BCUT2D eigenvalue weighted by molar-refractivity contribution is 7.09. The largest absolute Gasteiger partial charge is 0.423 e. The number of aromatic nitrogens is 4. The first kappa shape index (κ1) is 14.4. The molecule has 0 N–H and O–H groups in total. The fourth-order valence-corrected chi connectivity index (χ4v) is 2.97. The maximum Gasteiger partial charge on any atom is 0.246 e. The summed E-state index contributed by atoms with van der Waals surface area (Å²) >= 11 is 1.44. The molecule has 8 heteroatoms. The van der Waals surface area contributed by atoms with Crippen LogP contribution in [0.2, 0.25) is 0 Å². The van der Waals surface area contributed by atoms with Gasteiger partial charge in [-0.1, -0.05) is 13.8 Å². The topological polar surface area (TPSA) is 77.2 Å². The zero-order chi connectivity index (χ0) is 14.8. The molecule has 2 aromatic rings. The van der Waals surface area contributed by atoms with Gasteiger partial charge >= 0.3 is 0 Å². The smallest absolute Gasteiger partial charge is 0.246 e. The molecule has 0 spiro atoms. The van der Waals surface area contributed by atoms with Gasteiger partial charge in [-0.2, -0.15) is 4.37 Å². The van der Waals surface area contributed by atoms with E-state index in [1.54, 1.807) is 6.92 Å². The Morgan fingerprint density at radius 3 is 2.95 bits per heavy atom. The summed E-state index contributed by atoms with van der Waals surface area (Å²) in [6.07, 6.45) is 0.713. The van der Waals surface area contributed by atoms with Gasteiger partial charge in [0.15, 0.2) is 6.10 Å². The predicted octanol–water partition coefficient (Wildman–Crippen LogP) is 2.01. The average molecular weight is 309 g/mol. The molecule has 21 heavy (non-hydrogen) atoms. The number of nitrogens with zero attached hydrogens (tertiary/aromatic N) is 5. The third-order valence-corrected chi connectivity index (χ3v) is 4.02. The molecule has 1 aliphatic rings. The molecule has 1 fully saturated rings. The second-order valence-electron chi connectivity index (χ2n) is 5.56. The zero-order valence-electron chi connectivity index (χ0n) is 12.4. The molecule has 1 aliphatic heterocycles. The van der Waals surface area contributed by atoms with Crippen LogP contribution in [-0.4, -0.2) is 39.3 Å². The van der Waals surface area contributed by atoms with Crippen molar-refractivity contribution in [3.05, 3.63) is 17.6 Å². The van der Waals surface area contributed by atoms with Crippen LogP contribution in [0.1, 0.15) is 37.6 Å². The first-order valence-electron chi connectivity index (χ1n) is 7.11. The molecule has 0 bridgehead atoms. The van der Waals surface area contributed by atoms with Gasteiger partial charge in [0, 0.05) is 31.4 Å². The SMILES string of the molecule is Cc1nnc(C2CN(c3nc(CC(C)C)ns3)CCO2)o1. The Morgan fingerprint density at radius 1 is 1.38 bits per heavy atom. The maximum absolute atomic E-state index is 5.72. The fourth-order valence-electron chi connectivity index (χ4n) is 2.24. The molecule has 0 aliphatic carbocycles. The van der Waals surface area contributed by atoms with Gasteiger partial charge in [-0.25, -0.2) is 4.98 Å². The molecule has 1 atom stereocenters. The summed E-state index contributed by atoms with van der Waals surface area (Å²) in [5, 5.41) is 8.84. The van der Waals surface area contributed by atoms with E-state index in [9.17, 15) is 0 Å². The van der Waals surface area contributed by atoms with Gasteiger partial charge < -0.3 is 14.1 Å². The van der Waals surface area contributed by atoms with Crippen molar-refractivity contribution >= 4 is 16.7 Å². The Morgan fingerprint density at radius 2 is 2.24 bits per heavy atom. The third-order valence-electron chi connectivity index (χ3n) is 3.20. The number of anilines is 1. The second kappa shape index (κ2) is 6.07. The van der Waals surface area contributed by atoms with Crippen molar-refractivity contribution < 1.29 is 9.15 Å². The third kappa shape index (κ3) is 3.38. The van der Waals surface area contributed by atoms with Crippen molar-refractivity contribution in [1.82, 2.24) is 19.6 Å². The summed E-state index contributed by atoms with van der Waals surface area (Å²) in [6, 6.07) is 0. The Labute approximate surface area is 127 Å². The van der Waals surface area contributed by atoms with E-state index in [2.05, 4.69) is 38.3 Å². The van der Waals surface area contributed by atoms with Crippen LogP contribution in [0.15, 0.2) is 4.42 Å². The number of ether oxygens (including phenoxy) is 1. The van der Waals surface area contributed by atoms with Gasteiger partial charge in [-0.15, -0.1) is 10.2 Å². The molecule has 3 heterocycles. The summed E-state index contributed by atoms with van der Waals surface area (Å²) in [4.78, 5) is 6.79. The minimum Gasteiger partial charge on any atom is -0.423 e. The molecule has 0 radical (unpaired) electrons. The summed E-state index contributed by atoms with van der Waals surface area (Å²) in [5.41, 5.74) is 0. The predicted molar refractivity (Wildman–Crippen MR) is 78.4 cm³/mol. The molecule has 1 unspecified atom stereocenters. The van der Waals surface area contributed by atoms with E-state index in [0.29, 0.717) is 30.9 Å². The Balaban J connectivity index is 1.69. The molecule has 2 aromatic heterocycles. The minimum atomic E-state index is -0.197. The summed E-state index contributed by atoms with van der Waals surface area (Å²) < 4.78 is 15.6. The van der Waals surface area contributed by atoms with Crippen LogP contribution in [0.3, 0.4) is 0 Å². The highest BCUT2D eigenvalue weighted by Crippen LogP contribution is 2.26. The van der Waals surface area contributed by atoms with Crippen LogP contribution < -0.4 is 4.90 Å². The van der Waals surface area contributed by atoms with Crippen LogP contribution in [0.4, 0.5) is 5.13 Å². The average Bonchev–Trinajstić information content (AvgIpc) is 3.07. The molecule has 0 saturated carbocycles. The van der Waals surface area contributed by atoms with Crippen molar-refractivity contribution in [3.63, 3.8) is 0 Å². The number of hydrogen-bond acceptors (Lipinski definition) is 8. The number of rotatable bonds is 4. The molecular weight excluding hydrogens is 290 g/mol. The number of hydrogen-bond donors (Lipinski definition) is 0. The molecule has 0 amide bonds. The Hall–Kier alpha value is -1.54. The van der Waals surface area contributed by atoms with Crippen molar-refractivity contribution in [1.29, 1.82) is 0 Å². The second-order valence-corrected chi connectivity index (χ2v) is 6.29. The van der Waals surface area contributed by atoms with Gasteiger partial charge in [0.05, 0.1) is 13.2 Å². The molecule has 1 saturated heterocycles. The lowest BCUT2D eigenvalue weighted by Crippen LogP contribution is -2.38. The molecular formula is C13H19N5O2S. The normalized spacial score (nSPS) is 19.4. The standard InChI is InChI=1S/C13H19N5O2S/c1-8(2)6-11-14-13(21-17-11)18-4-5-19-10(7-18)12-16-15-9(3)20-12/h8,10H,4-7H2,1-3H3. The van der Waals surface area contributed by atoms with Crippen LogP contribution in [0.25, 0.3) is 0 Å². The van der Waals surface area contributed by atoms with E-state index in [-0.39, 0.29) is 6.10 Å². The van der Waals surface area contributed by atoms with Crippen molar-refractivity contribution in [2.24, 2.45) is 5.92 Å². The first-order chi connectivity index (χ1) is 10.1. The van der Waals surface area contributed by atoms with E-state index in [0.717, 1.165) is 23.9 Å². The van der Waals surface area contributed by atoms with Crippen LogP contribution in [0, 0.1) is 12.8 Å². The lowest BCUT2D eigenvalue weighted by molar-refractivity contribution is 0.0216. The summed E-state index contributed by atoms with van der Waals surface area (Å²) in [6.45, 7) is 8.20. The van der Waals surface area contributed by atoms with E-state index in [4.69, 9.17) is 9.15 Å². The monoisotopic (exact) mass is 309 g/mol. The van der Waals surface area contributed by atoms with Crippen LogP contribution in [0.5, 0.6) is 0 Å². The van der Waals surface area contributed by atoms with Gasteiger partial charge in [0.25, 0.3) is 0 Å². The van der Waals surface area contributed by atoms with Crippen molar-refractivity contribution in [3.8, 4) is 0 Å². The van der Waals surface area contributed by atoms with E-state index in [1.807, 2.05) is 0 Å². The summed E-state index contributed by atoms with van der Waals surface area (Å²) in [5.74, 6) is 2.57. The van der Waals surface area contributed by atoms with Gasteiger partial charge in [0.1, 0.15) is 5.82 Å². The van der Waals surface area contributed by atoms with Gasteiger partial charge in [-0.3, -0.25) is 0 Å². The lowest BCUT2D eigenvalue weighted by atomic mass is 10.1. The number of morpholine rings is 1. The van der Waals surface area contributed by atoms with Crippen LogP contribution >= 0.6 is 11.5 Å². The van der Waals surface area contributed by atoms with E-state index >= 15 is 0 Å². The Kier molecular flexibility index (Phi) is 4.16. The Bertz CT molecular complexity index is 597.